The van der Waals surface area contributed by atoms with Crippen molar-refractivity contribution in [2.45, 2.75) is 19.6 Å². The predicted molar refractivity (Wildman–Crippen MR) is 62.7 cm³/mol. The molecule has 2 heterocycles. The van der Waals surface area contributed by atoms with Gasteiger partial charge < -0.3 is 14.6 Å². The minimum atomic E-state index is -0.943. The van der Waals surface area contributed by atoms with E-state index in [1.807, 2.05) is 6.92 Å². The number of thiazole rings is 1. The van der Waals surface area contributed by atoms with Crippen LogP contribution in [-0.2, 0) is 20.1 Å². The molecule has 0 aromatic carbocycles. The molecule has 92 valence electrons. The van der Waals surface area contributed by atoms with E-state index >= 15 is 0 Å². The summed E-state index contributed by atoms with van der Waals surface area (Å²) in [6.45, 7) is 4.50. The van der Waals surface area contributed by atoms with Crippen molar-refractivity contribution < 1.29 is 19.4 Å². The van der Waals surface area contributed by atoms with Crippen LogP contribution in [0.15, 0.2) is 11.8 Å². The number of hydrogen-bond acceptors (Lipinski definition) is 5. The number of carboxylic acids is 1. The Balaban J connectivity index is 2.22. The maximum Gasteiger partial charge on any atom is 0.331 e. The first kappa shape index (κ1) is 12.2. The van der Waals surface area contributed by atoms with Gasteiger partial charge in [-0.25, -0.2) is 9.78 Å². The number of ether oxygens (including phenoxy) is 2. The van der Waals surface area contributed by atoms with Gasteiger partial charge in [-0.3, -0.25) is 0 Å². The lowest BCUT2D eigenvalue weighted by Crippen LogP contribution is -2.20. The monoisotopic (exact) mass is 255 g/mol. The van der Waals surface area contributed by atoms with Gasteiger partial charge in [-0.15, -0.1) is 11.3 Å². The number of hydrogen-bond donors (Lipinski definition) is 1. The average molecular weight is 255 g/mol. The first-order valence-electron chi connectivity index (χ1n) is 5.17. The summed E-state index contributed by atoms with van der Waals surface area (Å²) in [4.78, 5) is 15.7. The van der Waals surface area contributed by atoms with Gasteiger partial charge in [0.2, 0.25) is 5.79 Å². The summed E-state index contributed by atoms with van der Waals surface area (Å²) in [6, 6.07) is 0. The van der Waals surface area contributed by atoms with Gasteiger partial charge in [-0.1, -0.05) is 0 Å². The number of rotatable bonds is 3. The second-order valence-electron chi connectivity index (χ2n) is 3.84. The molecule has 1 aromatic rings. The van der Waals surface area contributed by atoms with Crippen LogP contribution in [0.1, 0.15) is 23.7 Å². The van der Waals surface area contributed by atoms with Crippen LogP contribution in [0.3, 0.4) is 0 Å². The Morgan fingerprint density at radius 3 is 2.82 bits per heavy atom. The number of carboxylic acid groups (broad SMARTS) is 1. The highest BCUT2D eigenvalue weighted by molar-refractivity contribution is 7.12. The second-order valence-corrected chi connectivity index (χ2v) is 4.90. The van der Waals surface area contributed by atoms with Crippen LogP contribution >= 0.6 is 11.3 Å². The molecule has 2 rings (SSSR count). The van der Waals surface area contributed by atoms with Gasteiger partial charge in [0.1, 0.15) is 5.01 Å². The summed E-state index contributed by atoms with van der Waals surface area (Å²) in [5.74, 6) is -1.68. The van der Waals surface area contributed by atoms with Crippen molar-refractivity contribution in [3.8, 4) is 0 Å². The maximum atomic E-state index is 10.7. The van der Waals surface area contributed by atoms with Crippen LogP contribution in [0.2, 0.25) is 0 Å². The Hall–Kier alpha value is -1.24. The van der Waals surface area contributed by atoms with Gasteiger partial charge in [-0.05, 0) is 19.9 Å². The first-order valence-corrected chi connectivity index (χ1v) is 5.99. The largest absolute Gasteiger partial charge is 0.478 e. The number of carbonyl (C=O) groups is 1. The molecule has 0 spiro atoms. The van der Waals surface area contributed by atoms with Crippen molar-refractivity contribution in [3.63, 3.8) is 0 Å². The molecule has 0 aliphatic carbocycles. The fourth-order valence-electron chi connectivity index (χ4n) is 1.47. The van der Waals surface area contributed by atoms with E-state index in [0.717, 1.165) is 4.88 Å². The molecule has 1 aliphatic rings. The van der Waals surface area contributed by atoms with Crippen molar-refractivity contribution in [2.75, 3.05) is 13.2 Å². The number of nitrogens with zero attached hydrogens (tertiary/aromatic N) is 1. The highest BCUT2D eigenvalue weighted by Crippen LogP contribution is 2.34. The van der Waals surface area contributed by atoms with Crippen molar-refractivity contribution in [1.29, 1.82) is 0 Å². The molecule has 6 heteroatoms. The Morgan fingerprint density at radius 2 is 2.24 bits per heavy atom. The Kier molecular flexibility index (Phi) is 3.28. The summed E-state index contributed by atoms with van der Waals surface area (Å²) in [6.07, 6.45) is 3.20. The van der Waals surface area contributed by atoms with Crippen LogP contribution in [-0.4, -0.2) is 29.3 Å². The maximum absolute atomic E-state index is 10.7. The van der Waals surface area contributed by atoms with Crippen LogP contribution < -0.4 is 0 Å². The van der Waals surface area contributed by atoms with Crippen LogP contribution in [0.5, 0.6) is 0 Å². The molecule has 1 saturated heterocycles. The lowest BCUT2D eigenvalue weighted by atomic mass is 10.3. The van der Waals surface area contributed by atoms with Crippen molar-refractivity contribution >= 4 is 23.4 Å². The lowest BCUT2D eigenvalue weighted by Gasteiger charge is -2.19. The fourth-order valence-corrected chi connectivity index (χ4v) is 2.44. The summed E-state index contributed by atoms with van der Waals surface area (Å²) in [7, 11) is 0. The standard InChI is InChI=1S/C11H13NO4S/c1-7(10(13)14)5-9-12-6-8(17-9)11(2)15-3-4-16-11/h5-6H,3-4H2,1-2H3,(H,13,14). The Labute approximate surface area is 103 Å². The van der Waals surface area contributed by atoms with Gasteiger partial charge >= 0.3 is 5.97 Å². The smallest absolute Gasteiger partial charge is 0.331 e. The molecule has 1 aliphatic heterocycles. The quantitative estimate of drug-likeness (QED) is 0.835. The molecule has 0 amide bonds. The van der Waals surface area contributed by atoms with E-state index in [9.17, 15) is 4.79 Å². The highest BCUT2D eigenvalue weighted by Gasteiger charge is 2.35. The van der Waals surface area contributed by atoms with E-state index in [1.165, 1.54) is 24.3 Å². The zero-order valence-electron chi connectivity index (χ0n) is 9.60. The van der Waals surface area contributed by atoms with Crippen LogP contribution in [0, 0.1) is 0 Å². The van der Waals surface area contributed by atoms with Gasteiger partial charge in [0.05, 0.1) is 18.1 Å². The number of aliphatic carboxylic acids is 1. The van der Waals surface area contributed by atoms with Gasteiger partial charge in [0.15, 0.2) is 0 Å². The van der Waals surface area contributed by atoms with Crippen molar-refractivity contribution in [3.05, 3.63) is 21.7 Å². The van der Waals surface area contributed by atoms with E-state index in [-0.39, 0.29) is 5.57 Å². The molecular weight excluding hydrogens is 242 g/mol. The second kappa shape index (κ2) is 4.56. The lowest BCUT2D eigenvalue weighted by molar-refractivity contribution is -0.147. The zero-order valence-corrected chi connectivity index (χ0v) is 10.4. The average Bonchev–Trinajstić information content (AvgIpc) is 2.88. The minimum absolute atomic E-state index is 0.254. The van der Waals surface area contributed by atoms with Crippen LogP contribution in [0.4, 0.5) is 0 Å². The fraction of sp³-hybridized carbons (Fsp3) is 0.455. The number of aromatic nitrogens is 1. The topological polar surface area (TPSA) is 68.7 Å². The van der Waals surface area contributed by atoms with E-state index in [0.29, 0.717) is 18.2 Å². The normalized spacial score (nSPS) is 19.5. The molecule has 0 radical (unpaired) electrons. The summed E-state index contributed by atoms with van der Waals surface area (Å²) < 4.78 is 11.0. The molecular formula is C11H13NO4S. The third-order valence-corrected chi connectivity index (χ3v) is 3.62. The molecule has 5 nitrogen and oxygen atoms in total. The SMILES string of the molecule is CC(=Cc1ncc(C2(C)OCCO2)s1)C(=O)O. The summed E-state index contributed by atoms with van der Waals surface area (Å²) in [5.41, 5.74) is 0.254. The molecule has 1 fully saturated rings. The predicted octanol–water partition coefficient (Wildman–Crippen LogP) is 1.85. The Bertz CT molecular complexity index is 460. The first-order chi connectivity index (χ1) is 8.01. The molecule has 0 saturated carbocycles. The molecule has 17 heavy (non-hydrogen) atoms. The third kappa shape index (κ3) is 2.54. The van der Waals surface area contributed by atoms with Crippen molar-refractivity contribution in [1.82, 2.24) is 4.98 Å². The van der Waals surface area contributed by atoms with Gasteiger partial charge in [0.25, 0.3) is 0 Å². The van der Waals surface area contributed by atoms with Gasteiger partial charge in [-0.2, -0.15) is 0 Å². The molecule has 1 N–H and O–H groups in total. The summed E-state index contributed by atoms with van der Waals surface area (Å²) in [5, 5.41) is 9.41. The van der Waals surface area contributed by atoms with E-state index in [2.05, 4.69) is 4.98 Å². The van der Waals surface area contributed by atoms with Crippen LogP contribution in [0.25, 0.3) is 6.08 Å². The minimum Gasteiger partial charge on any atom is -0.478 e. The highest BCUT2D eigenvalue weighted by atomic mass is 32.1. The molecule has 1 aromatic heterocycles. The van der Waals surface area contributed by atoms with E-state index in [4.69, 9.17) is 14.6 Å². The summed E-state index contributed by atoms with van der Waals surface area (Å²) >= 11 is 1.37. The zero-order chi connectivity index (χ0) is 12.5. The van der Waals surface area contributed by atoms with E-state index < -0.39 is 11.8 Å². The van der Waals surface area contributed by atoms with Crippen molar-refractivity contribution in [2.24, 2.45) is 0 Å². The molecule has 0 unspecified atom stereocenters. The van der Waals surface area contributed by atoms with E-state index in [1.54, 1.807) is 6.20 Å². The Morgan fingerprint density at radius 1 is 1.59 bits per heavy atom. The third-order valence-electron chi connectivity index (χ3n) is 2.49. The molecule has 0 bridgehead atoms. The van der Waals surface area contributed by atoms with Gasteiger partial charge in [0, 0.05) is 11.8 Å². The molecule has 0 atom stereocenters.